The SMILES string of the molecule is CCCC(CNC(=O)CCNC)C(=O)O. The van der Waals surface area contributed by atoms with Crippen LogP contribution in [-0.4, -0.2) is 37.1 Å². The Balaban J connectivity index is 3.78. The van der Waals surface area contributed by atoms with Gasteiger partial charge in [0.05, 0.1) is 5.92 Å². The summed E-state index contributed by atoms with van der Waals surface area (Å²) in [5.41, 5.74) is 0. The van der Waals surface area contributed by atoms with Gasteiger partial charge >= 0.3 is 5.97 Å². The minimum atomic E-state index is -0.842. The van der Waals surface area contributed by atoms with Gasteiger partial charge in [0.1, 0.15) is 0 Å². The van der Waals surface area contributed by atoms with Crippen LogP contribution < -0.4 is 10.6 Å². The van der Waals surface area contributed by atoms with Crippen LogP contribution in [0.4, 0.5) is 0 Å². The molecule has 0 aromatic carbocycles. The number of rotatable bonds is 8. The quantitative estimate of drug-likeness (QED) is 0.542. The van der Waals surface area contributed by atoms with Crippen molar-refractivity contribution in [3.8, 4) is 0 Å². The molecule has 5 heteroatoms. The van der Waals surface area contributed by atoms with E-state index < -0.39 is 11.9 Å². The fourth-order valence-corrected chi connectivity index (χ4v) is 1.23. The number of carboxylic acid groups (broad SMARTS) is 1. The van der Waals surface area contributed by atoms with Crippen LogP contribution in [0.3, 0.4) is 0 Å². The van der Waals surface area contributed by atoms with Gasteiger partial charge in [0, 0.05) is 19.5 Å². The van der Waals surface area contributed by atoms with Crippen LogP contribution >= 0.6 is 0 Å². The zero-order chi connectivity index (χ0) is 11.7. The molecule has 0 bridgehead atoms. The summed E-state index contributed by atoms with van der Waals surface area (Å²) in [7, 11) is 1.77. The highest BCUT2D eigenvalue weighted by molar-refractivity contribution is 5.77. The number of hydrogen-bond donors (Lipinski definition) is 3. The monoisotopic (exact) mass is 216 g/mol. The number of hydrogen-bond acceptors (Lipinski definition) is 3. The molecule has 0 aromatic rings. The lowest BCUT2D eigenvalue weighted by Gasteiger charge is -2.12. The molecule has 88 valence electrons. The lowest BCUT2D eigenvalue weighted by atomic mass is 10.0. The van der Waals surface area contributed by atoms with Crippen molar-refractivity contribution in [1.82, 2.24) is 10.6 Å². The average molecular weight is 216 g/mol. The van der Waals surface area contributed by atoms with Gasteiger partial charge in [-0.2, -0.15) is 0 Å². The Labute approximate surface area is 90.2 Å². The average Bonchev–Trinajstić information content (AvgIpc) is 2.20. The molecule has 0 heterocycles. The molecule has 0 fully saturated rings. The second-order valence-corrected chi connectivity index (χ2v) is 3.48. The first kappa shape index (κ1) is 13.9. The molecule has 1 unspecified atom stereocenters. The number of aliphatic carboxylic acids is 1. The van der Waals surface area contributed by atoms with E-state index in [1.807, 2.05) is 6.92 Å². The van der Waals surface area contributed by atoms with E-state index in [4.69, 9.17) is 5.11 Å². The zero-order valence-corrected chi connectivity index (χ0v) is 9.38. The Morgan fingerprint density at radius 3 is 2.53 bits per heavy atom. The van der Waals surface area contributed by atoms with Gasteiger partial charge < -0.3 is 15.7 Å². The molecule has 15 heavy (non-hydrogen) atoms. The van der Waals surface area contributed by atoms with Crippen LogP contribution in [0.5, 0.6) is 0 Å². The van der Waals surface area contributed by atoms with Crippen molar-refractivity contribution in [1.29, 1.82) is 0 Å². The van der Waals surface area contributed by atoms with Gasteiger partial charge in [-0.05, 0) is 13.5 Å². The third-order valence-electron chi connectivity index (χ3n) is 2.13. The lowest BCUT2D eigenvalue weighted by molar-refractivity contribution is -0.141. The summed E-state index contributed by atoms with van der Waals surface area (Å²) < 4.78 is 0. The van der Waals surface area contributed by atoms with Crippen molar-refractivity contribution < 1.29 is 14.7 Å². The molecule has 0 aromatic heterocycles. The van der Waals surface area contributed by atoms with E-state index in [0.29, 0.717) is 19.4 Å². The molecule has 0 spiro atoms. The zero-order valence-electron chi connectivity index (χ0n) is 9.38. The Hall–Kier alpha value is -1.10. The Kier molecular flexibility index (Phi) is 7.62. The van der Waals surface area contributed by atoms with Crippen molar-refractivity contribution in [3.63, 3.8) is 0 Å². The first-order valence-electron chi connectivity index (χ1n) is 5.25. The van der Waals surface area contributed by atoms with E-state index >= 15 is 0 Å². The molecular formula is C10H20N2O3. The Morgan fingerprint density at radius 2 is 2.07 bits per heavy atom. The Bertz CT molecular complexity index is 207. The number of amides is 1. The van der Waals surface area contributed by atoms with E-state index in [-0.39, 0.29) is 12.5 Å². The normalized spacial score (nSPS) is 12.1. The fraction of sp³-hybridized carbons (Fsp3) is 0.800. The predicted molar refractivity (Wildman–Crippen MR) is 57.6 cm³/mol. The number of carbonyl (C=O) groups excluding carboxylic acids is 1. The maximum Gasteiger partial charge on any atom is 0.308 e. The maximum absolute atomic E-state index is 11.2. The summed E-state index contributed by atoms with van der Waals surface area (Å²) in [6.45, 7) is 2.77. The topological polar surface area (TPSA) is 78.4 Å². The van der Waals surface area contributed by atoms with Crippen molar-refractivity contribution in [2.75, 3.05) is 20.1 Å². The molecule has 0 radical (unpaired) electrons. The molecule has 0 aliphatic carbocycles. The largest absolute Gasteiger partial charge is 0.481 e. The van der Waals surface area contributed by atoms with Gasteiger partial charge in [0.15, 0.2) is 0 Å². The van der Waals surface area contributed by atoms with Crippen LogP contribution in [-0.2, 0) is 9.59 Å². The summed E-state index contributed by atoms with van der Waals surface area (Å²) in [5.74, 6) is -1.41. The van der Waals surface area contributed by atoms with Crippen LogP contribution in [0.25, 0.3) is 0 Å². The molecule has 0 aliphatic heterocycles. The summed E-state index contributed by atoms with van der Waals surface area (Å²) in [4.78, 5) is 21.9. The van der Waals surface area contributed by atoms with Gasteiger partial charge in [0.25, 0.3) is 0 Å². The molecule has 0 aliphatic rings. The van der Waals surface area contributed by atoms with Gasteiger partial charge in [-0.15, -0.1) is 0 Å². The van der Waals surface area contributed by atoms with Gasteiger partial charge in [0.2, 0.25) is 5.91 Å². The third-order valence-corrected chi connectivity index (χ3v) is 2.13. The van der Waals surface area contributed by atoms with Crippen molar-refractivity contribution >= 4 is 11.9 Å². The highest BCUT2D eigenvalue weighted by Gasteiger charge is 2.16. The standard InChI is InChI=1S/C10H20N2O3/c1-3-4-8(10(14)15)7-12-9(13)5-6-11-2/h8,11H,3-7H2,1-2H3,(H,12,13)(H,14,15). The van der Waals surface area contributed by atoms with Crippen molar-refractivity contribution in [2.45, 2.75) is 26.2 Å². The molecule has 1 amide bonds. The van der Waals surface area contributed by atoms with E-state index in [9.17, 15) is 9.59 Å². The lowest BCUT2D eigenvalue weighted by Crippen LogP contribution is -2.34. The summed E-state index contributed by atoms with van der Waals surface area (Å²) in [6.07, 6.45) is 1.79. The van der Waals surface area contributed by atoms with Crippen LogP contribution in [0.2, 0.25) is 0 Å². The number of carbonyl (C=O) groups is 2. The number of carboxylic acids is 1. The van der Waals surface area contributed by atoms with Crippen LogP contribution in [0, 0.1) is 5.92 Å². The molecule has 5 nitrogen and oxygen atoms in total. The first-order chi connectivity index (χ1) is 7.11. The smallest absolute Gasteiger partial charge is 0.308 e. The second kappa shape index (κ2) is 8.23. The van der Waals surface area contributed by atoms with Gasteiger partial charge in [-0.3, -0.25) is 9.59 Å². The van der Waals surface area contributed by atoms with Crippen molar-refractivity contribution in [2.24, 2.45) is 5.92 Å². The Morgan fingerprint density at radius 1 is 1.40 bits per heavy atom. The molecule has 0 saturated carbocycles. The van der Waals surface area contributed by atoms with E-state index in [1.165, 1.54) is 0 Å². The van der Waals surface area contributed by atoms with Gasteiger partial charge in [-0.1, -0.05) is 13.3 Å². The molecule has 0 rings (SSSR count). The van der Waals surface area contributed by atoms with Gasteiger partial charge in [-0.25, -0.2) is 0 Å². The molecule has 3 N–H and O–H groups in total. The van der Waals surface area contributed by atoms with E-state index in [2.05, 4.69) is 10.6 Å². The van der Waals surface area contributed by atoms with E-state index in [1.54, 1.807) is 7.05 Å². The predicted octanol–water partition coefficient (Wildman–Crippen LogP) is 0.213. The highest BCUT2D eigenvalue weighted by Crippen LogP contribution is 2.04. The number of nitrogens with one attached hydrogen (secondary N) is 2. The van der Waals surface area contributed by atoms with E-state index in [0.717, 1.165) is 6.42 Å². The van der Waals surface area contributed by atoms with Crippen LogP contribution in [0.1, 0.15) is 26.2 Å². The molecular weight excluding hydrogens is 196 g/mol. The molecule has 0 saturated heterocycles. The van der Waals surface area contributed by atoms with Crippen LogP contribution in [0.15, 0.2) is 0 Å². The molecule has 1 atom stereocenters. The summed E-state index contributed by atoms with van der Waals surface area (Å²) in [6, 6.07) is 0. The second-order valence-electron chi connectivity index (χ2n) is 3.48. The summed E-state index contributed by atoms with van der Waals surface area (Å²) in [5, 5.41) is 14.3. The fourth-order valence-electron chi connectivity index (χ4n) is 1.23. The highest BCUT2D eigenvalue weighted by atomic mass is 16.4. The van der Waals surface area contributed by atoms with Crippen molar-refractivity contribution in [3.05, 3.63) is 0 Å². The first-order valence-corrected chi connectivity index (χ1v) is 5.25. The third kappa shape index (κ3) is 6.90. The summed E-state index contributed by atoms with van der Waals surface area (Å²) >= 11 is 0. The minimum absolute atomic E-state index is 0.105. The maximum atomic E-state index is 11.2. The minimum Gasteiger partial charge on any atom is -0.481 e.